The Morgan fingerprint density at radius 2 is 1.89 bits per heavy atom. The number of hydrogen-bond donors (Lipinski definition) is 2. The first kappa shape index (κ1) is 25.5. The van der Waals surface area contributed by atoms with E-state index in [4.69, 9.17) is 9.47 Å². The molecule has 35 heavy (non-hydrogen) atoms. The second-order valence-corrected chi connectivity index (χ2v) is 12.5. The van der Waals surface area contributed by atoms with Crippen molar-refractivity contribution in [2.75, 3.05) is 38.0 Å². The molecular formula is C25H30F2N3O4P. The van der Waals surface area contributed by atoms with E-state index in [1.807, 2.05) is 6.07 Å². The van der Waals surface area contributed by atoms with E-state index < -0.39 is 18.7 Å². The molecule has 1 aliphatic heterocycles. The van der Waals surface area contributed by atoms with Gasteiger partial charge in [0.05, 0.1) is 31.1 Å². The van der Waals surface area contributed by atoms with Crippen LogP contribution in [0.4, 0.5) is 14.6 Å². The van der Waals surface area contributed by atoms with Gasteiger partial charge in [-0.15, -0.1) is 0 Å². The average molecular weight is 506 g/mol. The molecule has 7 nitrogen and oxygen atoms in total. The zero-order chi connectivity index (χ0) is 25.4. The third kappa shape index (κ3) is 5.03. The summed E-state index contributed by atoms with van der Waals surface area (Å²) in [6, 6.07) is 9.52. The topological polar surface area (TPSA) is 93.6 Å². The SMILES string of the molecule is COc1cc2nc(C)nc(NCc3cccc(C(F)(F)C(C)(C)O)c3)c2cc1P1(=O)CCOCC1. The Labute approximate surface area is 203 Å². The van der Waals surface area contributed by atoms with Crippen molar-refractivity contribution in [1.29, 1.82) is 0 Å². The molecule has 10 heteroatoms. The fourth-order valence-electron chi connectivity index (χ4n) is 4.17. The molecule has 0 unspecified atom stereocenters. The molecule has 0 spiro atoms. The van der Waals surface area contributed by atoms with Gasteiger partial charge in [-0.25, -0.2) is 9.97 Å². The average Bonchev–Trinajstić information content (AvgIpc) is 2.81. The van der Waals surface area contributed by atoms with Gasteiger partial charge in [-0.2, -0.15) is 8.78 Å². The molecule has 0 radical (unpaired) electrons. The minimum Gasteiger partial charge on any atom is -0.496 e. The molecule has 2 N–H and O–H groups in total. The smallest absolute Gasteiger partial charge is 0.300 e. The lowest BCUT2D eigenvalue weighted by atomic mass is 9.92. The Balaban J connectivity index is 1.70. The normalized spacial score (nSPS) is 16.3. The van der Waals surface area contributed by atoms with Crippen molar-refractivity contribution in [3.63, 3.8) is 0 Å². The molecule has 3 aromatic rings. The van der Waals surface area contributed by atoms with Crippen LogP contribution in [0.1, 0.15) is 30.8 Å². The Bertz CT molecular complexity index is 1280. The number of halogens is 2. The molecule has 2 aromatic carbocycles. The second kappa shape index (κ2) is 9.45. The predicted octanol–water partition coefficient (Wildman–Crippen LogP) is 4.44. The molecule has 1 saturated heterocycles. The molecule has 0 amide bonds. The van der Waals surface area contributed by atoms with Crippen LogP contribution >= 0.6 is 7.14 Å². The van der Waals surface area contributed by atoms with Crippen LogP contribution in [0, 0.1) is 6.92 Å². The summed E-state index contributed by atoms with van der Waals surface area (Å²) in [4.78, 5) is 9.04. The van der Waals surface area contributed by atoms with E-state index in [-0.39, 0.29) is 12.1 Å². The lowest BCUT2D eigenvalue weighted by Gasteiger charge is -2.29. The number of ether oxygens (including phenoxy) is 2. The predicted molar refractivity (Wildman–Crippen MR) is 133 cm³/mol. The quantitative estimate of drug-likeness (QED) is 0.459. The highest BCUT2D eigenvalue weighted by Crippen LogP contribution is 2.49. The van der Waals surface area contributed by atoms with E-state index in [2.05, 4.69) is 15.3 Å². The van der Waals surface area contributed by atoms with Gasteiger partial charge in [0.1, 0.15) is 30.1 Å². The van der Waals surface area contributed by atoms with Crippen molar-refractivity contribution >= 4 is 29.2 Å². The zero-order valence-corrected chi connectivity index (χ0v) is 21.2. The molecular weight excluding hydrogens is 475 g/mol. The number of hydrogen-bond acceptors (Lipinski definition) is 7. The van der Waals surface area contributed by atoms with E-state index in [1.165, 1.54) is 18.2 Å². The lowest BCUT2D eigenvalue weighted by molar-refractivity contribution is -0.168. The van der Waals surface area contributed by atoms with Crippen molar-refractivity contribution < 1.29 is 27.9 Å². The molecule has 1 aromatic heterocycles. The summed E-state index contributed by atoms with van der Waals surface area (Å²) >= 11 is 0. The number of nitrogens with one attached hydrogen (secondary N) is 1. The number of rotatable bonds is 7. The van der Waals surface area contributed by atoms with Crippen molar-refractivity contribution in [3.8, 4) is 5.75 Å². The van der Waals surface area contributed by atoms with Crippen molar-refractivity contribution in [2.45, 2.75) is 38.8 Å². The number of aliphatic hydroxyl groups is 1. The first-order valence-electron chi connectivity index (χ1n) is 11.4. The first-order chi connectivity index (χ1) is 16.4. The first-order valence-corrected chi connectivity index (χ1v) is 13.5. The third-order valence-corrected chi connectivity index (χ3v) is 9.30. The van der Waals surface area contributed by atoms with Gasteiger partial charge in [-0.05, 0) is 38.5 Å². The Morgan fingerprint density at radius 1 is 1.17 bits per heavy atom. The van der Waals surface area contributed by atoms with Crippen LogP contribution < -0.4 is 15.4 Å². The number of anilines is 1. The third-order valence-electron chi connectivity index (χ3n) is 6.26. The summed E-state index contributed by atoms with van der Waals surface area (Å²) in [7, 11) is -1.17. The van der Waals surface area contributed by atoms with E-state index in [9.17, 15) is 18.5 Å². The van der Waals surface area contributed by atoms with Gasteiger partial charge < -0.3 is 24.5 Å². The maximum absolute atomic E-state index is 14.7. The van der Waals surface area contributed by atoms with Crippen LogP contribution in [0.25, 0.3) is 10.9 Å². The van der Waals surface area contributed by atoms with Gasteiger partial charge in [-0.1, -0.05) is 18.2 Å². The molecule has 0 saturated carbocycles. The number of nitrogens with zero attached hydrogens (tertiary/aromatic N) is 2. The Kier molecular flexibility index (Phi) is 6.88. The van der Waals surface area contributed by atoms with Gasteiger partial charge in [0, 0.05) is 35.9 Å². The van der Waals surface area contributed by atoms with Crippen LogP contribution in [-0.4, -0.2) is 53.3 Å². The van der Waals surface area contributed by atoms with Crippen LogP contribution in [-0.2, 0) is 21.8 Å². The van der Waals surface area contributed by atoms with E-state index in [0.717, 1.165) is 13.8 Å². The summed E-state index contributed by atoms with van der Waals surface area (Å²) in [5, 5.41) is 14.5. The maximum atomic E-state index is 14.7. The molecule has 1 aliphatic rings. The number of methoxy groups -OCH3 is 1. The monoisotopic (exact) mass is 505 g/mol. The maximum Gasteiger partial charge on any atom is 0.300 e. The van der Waals surface area contributed by atoms with Gasteiger partial charge in [0.2, 0.25) is 0 Å². The van der Waals surface area contributed by atoms with Gasteiger partial charge >= 0.3 is 5.92 Å². The van der Waals surface area contributed by atoms with Crippen LogP contribution in [0.15, 0.2) is 36.4 Å². The Hall–Kier alpha value is -2.61. The molecule has 0 aliphatic carbocycles. The number of fused-ring (bicyclic) bond motifs is 1. The molecule has 0 bridgehead atoms. The highest BCUT2D eigenvalue weighted by atomic mass is 31.2. The summed E-state index contributed by atoms with van der Waals surface area (Å²) < 4.78 is 54.0. The summed E-state index contributed by atoms with van der Waals surface area (Å²) in [6.07, 6.45) is 0.874. The van der Waals surface area contributed by atoms with E-state index in [1.54, 1.807) is 26.2 Å². The van der Waals surface area contributed by atoms with E-state index in [0.29, 0.717) is 64.7 Å². The summed E-state index contributed by atoms with van der Waals surface area (Å²) in [5.74, 6) is -1.86. The molecule has 0 atom stereocenters. The van der Waals surface area contributed by atoms with E-state index >= 15 is 0 Å². The van der Waals surface area contributed by atoms with Crippen LogP contribution in [0.5, 0.6) is 5.75 Å². The minimum absolute atomic E-state index is 0.216. The number of alkyl halides is 2. The van der Waals surface area contributed by atoms with Gasteiger partial charge in [-0.3, -0.25) is 0 Å². The lowest BCUT2D eigenvalue weighted by Crippen LogP contribution is -2.40. The van der Waals surface area contributed by atoms with Crippen LogP contribution in [0.3, 0.4) is 0 Å². The van der Waals surface area contributed by atoms with Gasteiger partial charge in [0.15, 0.2) is 0 Å². The molecule has 188 valence electrons. The summed E-state index contributed by atoms with van der Waals surface area (Å²) in [5.41, 5.74) is -1.24. The summed E-state index contributed by atoms with van der Waals surface area (Å²) in [6.45, 7) is 5.01. The fourth-order valence-corrected chi connectivity index (χ4v) is 6.65. The standard InChI is InChI=1S/C25H30F2N3O4P/c1-16-29-20-14-21(33-4)22(35(32)10-8-34-9-11-35)13-19(20)23(30-16)28-15-17-6-5-7-18(12-17)25(26,27)24(2,3)31/h5-7,12-14,31H,8-11,15H2,1-4H3,(H,28,29,30). The number of aromatic nitrogens is 2. The second-order valence-electron chi connectivity index (χ2n) is 9.30. The largest absolute Gasteiger partial charge is 0.496 e. The zero-order valence-electron chi connectivity index (χ0n) is 20.3. The number of benzene rings is 2. The minimum atomic E-state index is -3.41. The molecule has 2 heterocycles. The fraction of sp³-hybridized carbons (Fsp3) is 0.440. The molecule has 1 fully saturated rings. The van der Waals surface area contributed by atoms with Crippen LogP contribution in [0.2, 0.25) is 0 Å². The highest BCUT2D eigenvalue weighted by molar-refractivity contribution is 7.71. The number of aryl methyl sites for hydroxylation is 1. The van der Waals surface area contributed by atoms with Crippen molar-refractivity contribution in [2.24, 2.45) is 0 Å². The molecule has 4 rings (SSSR count). The van der Waals surface area contributed by atoms with Crippen molar-refractivity contribution in [1.82, 2.24) is 9.97 Å². The van der Waals surface area contributed by atoms with Crippen molar-refractivity contribution in [3.05, 3.63) is 53.3 Å². The van der Waals surface area contributed by atoms with Gasteiger partial charge in [0.25, 0.3) is 0 Å². The highest BCUT2D eigenvalue weighted by Gasteiger charge is 2.46. The Morgan fingerprint density at radius 3 is 2.54 bits per heavy atom.